The molecule has 26 heavy (non-hydrogen) atoms. The van der Waals surface area contributed by atoms with Crippen molar-refractivity contribution in [1.82, 2.24) is 24.6 Å². The van der Waals surface area contributed by atoms with Gasteiger partial charge in [0.15, 0.2) is 0 Å². The van der Waals surface area contributed by atoms with Crippen molar-refractivity contribution in [2.45, 2.75) is 26.8 Å². The van der Waals surface area contributed by atoms with Gasteiger partial charge in [-0.3, -0.25) is 14.4 Å². The van der Waals surface area contributed by atoms with Gasteiger partial charge in [-0.15, -0.1) is 0 Å². The summed E-state index contributed by atoms with van der Waals surface area (Å²) in [6.07, 6.45) is 4.55. The first-order valence-corrected chi connectivity index (χ1v) is 9.17. The highest BCUT2D eigenvalue weighted by molar-refractivity contribution is 5.96. The minimum atomic E-state index is 0.000887. The van der Waals surface area contributed by atoms with Crippen molar-refractivity contribution < 1.29 is 9.53 Å². The number of pyridine rings is 1. The topological polar surface area (TPSA) is 63.5 Å². The molecule has 1 aliphatic heterocycles. The van der Waals surface area contributed by atoms with Crippen LogP contribution in [0.2, 0.25) is 0 Å². The first kappa shape index (κ1) is 18.4. The molecule has 0 aromatic carbocycles. The Morgan fingerprint density at radius 1 is 1.27 bits per heavy atom. The van der Waals surface area contributed by atoms with Gasteiger partial charge in [0.2, 0.25) is 5.88 Å². The van der Waals surface area contributed by atoms with E-state index < -0.39 is 0 Å². The summed E-state index contributed by atoms with van der Waals surface area (Å²) < 4.78 is 7.42. The molecule has 1 fully saturated rings. The second-order valence-corrected chi connectivity index (χ2v) is 6.59. The van der Waals surface area contributed by atoms with E-state index in [4.69, 9.17) is 4.74 Å². The van der Waals surface area contributed by atoms with Gasteiger partial charge in [-0.25, -0.2) is 4.98 Å². The lowest BCUT2D eigenvalue weighted by Gasteiger charge is -2.22. The molecule has 3 heterocycles. The van der Waals surface area contributed by atoms with Crippen molar-refractivity contribution in [1.29, 1.82) is 0 Å². The third kappa shape index (κ3) is 4.04. The molecule has 0 radical (unpaired) electrons. The number of aromatic nitrogens is 3. The molecule has 0 atom stereocenters. The summed E-state index contributed by atoms with van der Waals surface area (Å²) in [5, 5.41) is 4.32. The summed E-state index contributed by atoms with van der Waals surface area (Å²) in [6, 6.07) is 3.58. The zero-order chi connectivity index (χ0) is 18.5. The zero-order valence-corrected chi connectivity index (χ0v) is 15.8. The number of rotatable bonds is 5. The monoisotopic (exact) mass is 357 g/mol. The van der Waals surface area contributed by atoms with Crippen molar-refractivity contribution in [3.8, 4) is 5.88 Å². The lowest BCUT2D eigenvalue weighted by Crippen LogP contribution is -2.35. The van der Waals surface area contributed by atoms with Gasteiger partial charge >= 0.3 is 0 Å². The number of aryl methyl sites for hydroxylation is 1. The van der Waals surface area contributed by atoms with Crippen molar-refractivity contribution in [2.24, 2.45) is 7.05 Å². The first-order chi connectivity index (χ1) is 12.6. The average Bonchev–Trinajstić information content (AvgIpc) is 2.85. The van der Waals surface area contributed by atoms with E-state index >= 15 is 0 Å². The van der Waals surface area contributed by atoms with Crippen molar-refractivity contribution in [3.05, 3.63) is 41.3 Å². The number of amides is 1. The maximum atomic E-state index is 12.9. The van der Waals surface area contributed by atoms with Crippen molar-refractivity contribution in [3.63, 3.8) is 0 Å². The molecular weight excluding hydrogens is 330 g/mol. The molecule has 2 aromatic heterocycles. The number of ether oxygens (including phenoxy) is 1. The third-order valence-electron chi connectivity index (χ3n) is 4.89. The van der Waals surface area contributed by atoms with E-state index in [2.05, 4.69) is 21.9 Å². The minimum Gasteiger partial charge on any atom is -0.477 e. The fourth-order valence-corrected chi connectivity index (χ4v) is 3.25. The Balaban J connectivity index is 1.65. The molecule has 3 rings (SSSR count). The smallest absolute Gasteiger partial charge is 0.259 e. The average molecular weight is 357 g/mol. The summed E-state index contributed by atoms with van der Waals surface area (Å²) >= 11 is 0. The molecule has 7 heteroatoms. The predicted molar refractivity (Wildman–Crippen MR) is 99.1 cm³/mol. The minimum absolute atomic E-state index is 0.000887. The molecule has 0 aliphatic carbocycles. The van der Waals surface area contributed by atoms with Crippen LogP contribution in [-0.2, 0) is 13.6 Å². The van der Waals surface area contributed by atoms with Gasteiger partial charge in [-0.2, -0.15) is 5.10 Å². The molecule has 0 saturated carbocycles. The van der Waals surface area contributed by atoms with Crippen molar-refractivity contribution >= 4 is 5.91 Å². The van der Waals surface area contributed by atoms with Crippen LogP contribution in [0.25, 0.3) is 0 Å². The van der Waals surface area contributed by atoms with E-state index in [0.717, 1.165) is 32.6 Å². The fraction of sp³-hybridized carbons (Fsp3) is 0.526. The second-order valence-electron chi connectivity index (χ2n) is 6.59. The summed E-state index contributed by atoms with van der Waals surface area (Å²) in [4.78, 5) is 21.5. The maximum absolute atomic E-state index is 12.9. The summed E-state index contributed by atoms with van der Waals surface area (Å²) in [7, 11) is 1.96. The fourth-order valence-electron chi connectivity index (χ4n) is 3.25. The van der Waals surface area contributed by atoms with Crippen LogP contribution < -0.4 is 4.74 Å². The van der Waals surface area contributed by atoms with E-state index in [1.807, 2.05) is 29.7 Å². The highest BCUT2D eigenvalue weighted by atomic mass is 16.5. The Morgan fingerprint density at radius 3 is 2.85 bits per heavy atom. The van der Waals surface area contributed by atoms with Crippen molar-refractivity contribution in [2.75, 3.05) is 32.8 Å². The highest BCUT2D eigenvalue weighted by Crippen LogP contribution is 2.19. The molecule has 0 N–H and O–H groups in total. The third-order valence-corrected chi connectivity index (χ3v) is 4.89. The Hall–Kier alpha value is -2.41. The first-order valence-electron chi connectivity index (χ1n) is 9.17. The van der Waals surface area contributed by atoms with Crippen LogP contribution in [-0.4, -0.2) is 63.3 Å². The van der Waals surface area contributed by atoms with E-state index in [1.165, 1.54) is 11.3 Å². The van der Waals surface area contributed by atoms with Gasteiger partial charge in [-0.1, -0.05) is 0 Å². The van der Waals surface area contributed by atoms with Crippen LogP contribution in [0.15, 0.2) is 24.5 Å². The van der Waals surface area contributed by atoms with Gasteiger partial charge in [0.1, 0.15) is 5.56 Å². The zero-order valence-electron chi connectivity index (χ0n) is 15.8. The summed E-state index contributed by atoms with van der Waals surface area (Å²) in [5.41, 5.74) is 2.99. The van der Waals surface area contributed by atoms with Gasteiger partial charge in [0.05, 0.1) is 12.8 Å². The molecule has 7 nitrogen and oxygen atoms in total. The van der Waals surface area contributed by atoms with Gasteiger partial charge in [0.25, 0.3) is 5.91 Å². The number of hydrogen-bond acceptors (Lipinski definition) is 5. The molecule has 2 aromatic rings. The van der Waals surface area contributed by atoms with Crippen LogP contribution in [0, 0.1) is 6.92 Å². The molecule has 1 aliphatic rings. The van der Waals surface area contributed by atoms with Crippen LogP contribution in [0.5, 0.6) is 5.88 Å². The Labute approximate surface area is 154 Å². The molecule has 140 valence electrons. The van der Waals surface area contributed by atoms with Crippen LogP contribution in [0.4, 0.5) is 0 Å². The van der Waals surface area contributed by atoms with Gasteiger partial charge in [-0.05, 0) is 32.4 Å². The normalized spacial score (nSPS) is 15.7. The van der Waals surface area contributed by atoms with Gasteiger partial charge in [0, 0.05) is 57.2 Å². The molecule has 1 amide bonds. The standard InChI is InChI=1S/C19H27N5O2/c1-4-26-18-17(7-5-8-20-18)19(25)24-10-6-9-23(11-12-24)14-16-13-21-22(3)15(16)2/h5,7-8,13H,4,6,9-12,14H2,1-3H3. The molecule has 0 spiro atoms. The number of hydrogen-bond donors (Lipinski definition) is 0. The van der Waals surface area contributed by atoms with E-state index in [-0.39, 0.29) is 5.91 Å². The van der Waals surface area contributed by atoms with E-state index in [9.17, 15) is 4.79 Å². The van der Waals surface area contributed by atoms with Crippen LogP contribution in [0.1, 0.15) is 35.0 Å². The number of carbonyl (C=O) groups excluding carboxylic acids is 1. The quantitative estimate of drug-likeness (QED) is 0.817. The molecule has 0 bridgehead atoms. The SMILES string of the molecule is CCOc1ncccc1C(=O)N1CCCN(Cc2cnn(C)c2C)CC1. The Kier molecular flexibility index (Phi) is 5.88. The Morgan fingerprint density at radius 2 is 2.12 bits per heavy atom. The van der Waals surface area contributed by atoms with E-state index in [0.29, 0.717) is 24.6 Å². The molecule has 1 saturated heterocycles. The lowest BCUT2D eigenvalue weighted by atomic mass is 10.2. The highest BCUT2D eigenvalue weighted by Gasteiger charge is 2.23. The lowest BCUT2D eigenvalue weighted by molar-refractivity contribution is 0.0756. The summed E-state index contributed by atoms with van der Waals surface area (Å²) in [5.74, 6) is 0.424. The molecular formula is C19H27N5O2. The van der Waals surface area contributed by atoms with Crippen LogP contribution in [0.3, 0.4) is 0 Å². The molecule has 0 unspecified atom stereocenters. The van der Waals surface area contributed by atoms with Crippen LogP contribution >= 0.6 is 0 Å². The largest absolute Gasteiger partial charge is 0.477 e. The number of carbonyl (C=O) groups is 1. The summed E-state index contributed by atoms with van der Waals surface area (Å²) in [6.45, 7) is 8.64. The van der Waals surface area contributed by atoms with E-state index in [1.54, 1.807) is 18.3 Å². The maximum Gasteiger partial charge on any atom is 0.259 e. The van der Waals surface area contributed by atoms with Gasteiger partial charge < -0.3 is 9.64 Å². The second kappa shape index (κ2) is 8.31. The Bertz CT molecular complexity index is 758. The predicted octanol–water partition coefficient (Wildman–Crippen LogP) is 1.87. The number of nitrogens with zero attached hydrogens (tertiary/aromatic N) is 5.